The molecule has 1 aliphatic heterocycles. The van der Waals surface area contributed by atoms with Crippen LogP contribution in [0, 0.1) is 11.8 Å². The van der Waals surface area contributed by atoms with Crippen LogP contribution >= 0.6 is 0 Å². The molecule has 1 aliphatic rings. The van der Waals surface area contributed by atoms with Crippen molar-refractivity contribution < 1.29 is 9.84 Å². The predicted molar refractivity (Wildman–Crippen MR) is 49.0 cm³/mol. The Labute approximate surface area is 74.9 Å². The Morgan fingerprint density at radius 1 is 1.33 bits per heavy atom. The van der Waals surface area contributed by atoms with Gasteiger partial charge in [0.05, 0.1) is 18.3 Å². The molecule has 1 fully saturated rings. The van der Waals surface area contributed by atoms with Crippen LogP contribution in [0.5, 0.6) is 0 Å². The number of hydrogen-bond acceptors (Lipinski definition) is 2. The van der Waals surface area contributed by atoms with E-state index >= 15 is 0 Å². The average Bonchev–Trinajstić information content (AvgIpc) is 2.70. The van der Waals surface area contributed by atoms with E-state index in [9.17, 15) is 5.11 Å². The molecule has 0 aromatic carbocycles. The third-order valence-corrected chi connectivity index (χ3v) is 2.96. The van der Waals surface area contributed by atoms with Gasteiger partial charge in [0.2, 0.25) is 0 Å². The first-order valence-electron chi connectivity index (χ1n) is 4.80. The molecule has 1 saturated heterocycles. The molecule has 1 rings (SSSR count). The average molecular weight is 172 g/mol. The Kier molecular flexibility index (Phi) is 2.79. The van der Waals surface area contributed by atoms with E-state index in [2.05, 4.69) is 27.7 Å². The van der Waals surface area contributed by atoms with E-state index in [0.29, 0.717) is 17.9 Å². The van der Waals surface area contributed by atoms with Crippen LogP contribution in [0.1, 0.15) is 34.1 Å². The van der Waals surface area contributed by atoms with E-state index in [1.54, 1.807) is 0 Å². The summed E-state index contributed by atoms with van der Waals surface area (Å²) in [5.41, 5.74) is -0.541. The Bertz CT molecular complexity index is 140. The summed E-state index contributed by atoms with van der Waals surface area (Å²) >= 11 is 0. The Morgan fingerprint density at radius 3 is 2.00 bits per heavy atom. The van der Waals surface area contributed by atoms with E-state index in [1.165, 1.54) is 0 Å². The highest BCUT2D eigenvalue weighted by atomic mass is 16.6. The fourth-order valence-electron chi connectivity index (χ4n) is 1.69. The highest BCUT2D eigenvalue weighted by Gasteiger charge is 2.40. The fourth-order valence-corrected chi connectivity index (χ4v) is 1.69. The molecule has 12 heavy (non-hydrogen) atoms. The second-order valence-electron chi connectivity index (χ2n) is 4.46. The molecule has 0 saturated carbocycles. The monoisotopic (exact) mass is 172 g/mol. The topological polar surface area (TPSA) is 32.8 Å². The zero-order chi connectivity index (χ0) is 9.35. The quantitative estimate of drug-likeness (QED) is 0.656. The van der Waals surface area contributed by atoms with Crippen molar-refractivity contribution >= 4 is 0 Å². The number of rotatable bonds is 4. The summed E-state index contributed by atoms with van der Waals surface area (Å²) in [6.07, 6.45) is 1.11. The maximum absolute atomic E-state index is 10.3. The second kappa shape index (κ2) is 3.35. The van der Waals surface area contributed by atoms with Gasteiger partial charge in [-0.2, -0.15) is 0 Å². The van der Waals surface area contributed by atoms with Crippen LogP contribution in [0.4, 0.5) is 0 Å². The Balaban J connectivity index is 2.56. The van der Waals surface area contributed by atoms with Crippen LogP contribution < -0.4 is 0 Å². The molecule has 0 radical (unpaired) electrons. The zero-order valence-corrected chi connectivity index (χ0v) is 8.50. The lowest BCUT2D eigenvalue weighted by molar-refractivity contribution is -0.0584. The van der Waals surface area contributed by atoms with Crippen molar-refractivity contribution in [2.75, 3.05) is 6.61 Å². The molecule has 0 unspecified atom stereocenters. The number of hydrogen-bond donors (Lipinski definition) is 1. The van der Waals surface area contributed by atoms with E-state index in [-0.39, 0.29) is 0 Å². The SMILES string of the molecule is CC(C)C(O)(C[C@H]1CO1)C(C)C. The van der Waals surface area contributed by atoms with Crippen LogP contribution in [0.15, 0.2) is 0 Å². The van der Waals surface area contributed by atoms with Crippen molar-refractivity contribution in [1.29, 1.82) is 0 Å². The minimum Gasteiger partial charge on any atom is -0.389 e. The number of aliphatic hydroxyl groups is 1. The number of ether oxygens (including phenoxy) is 1. The smallest absolute Gasteiger partial charge is 0.0837 e. The molecule has 1 atom stereocenters. The molecule has 0 spiro atoms. The van der Waals surface area contributed by atoms with Crippen molar-refractivity contribution in [2.45, 2.75) is 45.8 Å². The first-order chi connectivity index (χ1) is 5.47. The van der Waals surface area contributed by atoms with Gasteiger partial charge < -0.3 is 9.84 Å². The van der Waals surface area contributed by atoms with E-state index in [1.807, 2.05) is 0 Å². The van der Waals surface area contributed by atoms with Gasteiger partial charge in [-0.15, -0.1) is 0 Å². The summed E-state index contributed by atoms with van der Waals surface area (Å²) in [6.45, 7) is 9.12. The lowest BCUT2D eigenvalue weighted by Crippen LogP contribution is -2.41. The van der Waals surface area contributed by atoms with Gasteiger partial charge in [-0.25, -0.2) is 0 Å². The van der Waals surface area contributed by atoms with Crippen LogP contribution in [0.25, 0.3) is 0 Å². The van der Waals surface area contributed by atoms with Gasteiger partial charge in [0.1, 0.15) is 0 Å². The van der Waals surface area contributed by atoms with Crippen LogP contribution in [0.2, 0.25) is 0 Å². The minimum absolute atomic E-state index is 0.307. The first kappa shape index (κ1) is 10.0. The molecule has 72 valence electrons. The zero-order valence-electron chi connectivity index (χ0n) is 8.50. The van der Waals surface area contributed by atoms with Crippen molar-refractivity contribution in [3.8, 4) is 0 Å². The molecule has 1 heterocycles. The molecule has 2 nitrogen and oxygen atoms in total. The van der Waals surface area contributed by atoms with Crippen LogP contribution in [-0.2, 0) is 4.74 Å². The van der Waals surface area contributed by atoms with Crippen molar-refractivity contribution in [3.05, 3.63) is 0 Å². The van der Waals surface area contributed by atoms with Gasteiger partial charge in [-0.05, 0) is 11.8 Å². The van der Waals surface area contributed by atoms with Gasteiger partial charge in [-0.1, -0.05) is 27.7 Å². The maximum atomic E-state index is 10.3. The van der Waals surface area contributed by atoms with Gasteiger partial charge in [0.25, 0.3) is 0 Å². The summed E-state index contributed by atoms with van der Waals surface area (Å²) < 4.78 is 5.14. The summed E-state index contributed by atoms with van der Waals surface area (Å²) in [5, 5.41) is 10.3. The van der Waals surface area contributed by atoms with Gasteiger partial charge >= 0.3 is 0 Å². The van der Waals surface area contributed by atoms with E-state index in [0.717, 1.165) is 13.0 Å². The lowest BCUT2D eigenvalue weighted by atomic mass is 9.77. The minimum atomic E-state index is -0.541. The molecule has 0 aromatic heterocycles. The molecular formula is C10H20O2. The molecule has 0 aromatic rings. The standard InChI is InChI=1S/C10H20O2/c1-7(2)10(11,8(3)4)5-9-6-12-9/h7-9,11H,5-6H2,1-4H3/t9-/m0/s1. The molecular weight excluding hydrogens is 152 g/mol. The molecule has 1 N–H and O–H groups in total. The van der Waals surface area contributed by atoms with Gasteiger partial charge in [0, 0.05) is 6.42 Å². The second-order valence-corrected chi connectivity index (χ2v) is 4.46. The molecule has 0 aliphatic carbocycles. The van der Waals surface area contributed by atoms with E-state index in [4.69, 9.17) is 4.74 Å². The fraction of sp³-hybridized carbons (Fsp3) is 1.00. The third-order valence-electron chi connectivity index (χ3n) is 2.96. The normalized spacial score (nSPS) is 23.8. The van der Waals surface area contributed by atoms with Gasteiger partial charge in [0.15, 0.2) is 0 Å². The summed E-state index contributed by atoms with van der Waals surface area (Å²) in [7, 11) is 0. The van der Waals surface area contributed by atoms with Crippen molar-refractivity contribution in [3.63, 3.8) is 0 Å². The summed E-state index contributed by atoms with van der Waals surface area (Å²) in [5.74, 6) is 0.614. The highest BCUT2D eigenvalue weighted by Crippen LogP contribution is 2.34. The summed E-state index contributed by atoms with van der Waals surface area (Å²) in [6, 6.07) is 0. The van der Waals surface area contributed by atoms with Gasteiger partial charge in [-0.3, -0.25) is 0 Å². The van der Waals surface area contributed by atoms with Crippen molar-refractivity contribution in [1.82, 2.24) is 0 Å². The molecule has 0 amide bonds. The Hall–Kier alpha value is -0.0800. The molecule has 0 bridgehead atoms. The highest BCUT2D eigenvalue weighted by molar-refractivity contribution is 4.90. The molecule has 2 heteroatoms. The first-order valence-corrected chi connectivity index (χ1v) is 4.80. The largest absolute Gasteiger partial charge is 0.389 e. The summed E-state index contributed by atoms with van der Waals surface area (Å²) in [4.78, 5) is 0. The number of epoxide rings is 1. The lowest BCUT2D eigenvalue weighted by Gasteiger charge is -2.35. The Morgan fingerprint density at radius 2 is 1.75 bits per heavy atom. The third kappa shape index (κ3) is 1.99. The maximum Gasteiger partial charge on any atom is 0.0837 e. The van der Waals surface area contributed by atoms with Crippen molar-refractivity contribution in [2.24, 2.45) is 11.8 Å². The van der Waals surface area contributed by atoms with Crippen LogP contribution in [-0.4, -0.2) is 23.4 Å². The predicted octanol–water partition coefficient (Wildman–Crippen LogP) is 1.82. The van der Waals surface area contributed by atoms with E-state index < -0.39 is 5.60 Å². The van der Waals surface area contributed by atoms with Crippen LogP contribution in [0.3, 0.4) is 0 Å².